The average molecular weight is 278 g/mol. The lowest BCUT2D eigenvalue weighted by Crippen LogP contribution is -2.45. The zero-order valence-corrected chi connectivity index (χ0v) is 11.4. The van der Waals surface area contributed by atoms with Crippen LogP contribution in [0.1, 0.15) is 22.1 Å². The van der Waals surface area contributed by atoms with E-state index in [4.69, 9.17) is 0 Å². The minimum Gasteiger partial charge on any atom is -0.355 e. The first-order valence-corrected chi connectivity index (χ1v) is 6.94. The number of carbonyl (C=O) groups excluding carboxylic acids is 1. The Kier molecular flexibility index (Phi) is 2.70. The van der Waals surface area contributed by atoms with Crippen LogP contribution in [0.3, 0.4) is 0 Å². The number of para-hydroxylation sites is 2. The minimum absolute atomic E-state index is 0.407. The molecule has 1 N–H and O–H groups in total. The zero-order valence-electron chi connectivity index (χ0n) is 11.4. The van der Waals surface area contributed by atoms with Crippen molar-refractivity contribution in [1.82, 2.24) is 15.0 Å². The lowest BCUT2D eigenvalue weighted by atomic mass is 9.99. The minimum atomic E-state index is 0.407. The fourth-order valence-corrected chi connectivity index (χ4v) is 2.66. The zero-order chi connectivity index (χ0) is 14.2. The Bertz CT molecular complexity index is 754. The highest BCUT2D eigenvalue weighted by Crippen LogP contribution is 2.29. The molecule has 0 spiro atoms. The summed E-state index contributed by atoms with van der Waals surface area (Å²) in [6.45, 7) is 1.79. The number of pyridine rings is 1. The van der Waals surface area contributed by atoms with Gasteiger partial charge in [0.1, 0.15) is 11.6 Å². The molecule has 0 radical (unpaired) electrons. The number of aromatic amines is 1. The number of carbonyl (C=O) groups is 1. The van der Waals surface area contributed by atoms with Crippen LogP contribution in [0, 0.1) is 0 Å². The highest BCUT2D eigenvalue weighted by atomic mass is 16.1. The summed E-state index contributed by atoms with van der Waals surface area (Å²) < 4.78 is 0. The second-order valence-corrected chi connectivity index (χ2v) is 5.31. The number of hydrogen-bond donors (Lipinski definition) is 1. The van der Waals surface area contributed by atoms with Crippen molar-refractivity contribution in [3.05, 3.63) is 54.0 Å². The van der Waals surface area contributed by atoms with Crippen molar-refractivity contribution < 1.29 is 4.79 Å². The Morgan fingerprint density at radius 3 is 2.76 bits per heavy atom. The lowest BCUT2D eigenvalue weighted by Gasteiger charge is -2.39. The maximum Gasteiger partial charge on any atom is 0.151 e. The van der Waals surface area contributed by atoms with Gasteiger partial charge in [-0.2, -0.15) is 0 Å². The molecule has 3 aromatic rings. The molecule has 0 atom stereocenters. The maximum absolute atomic E-state index is 10.6. The van der Waals surface area contributed by atoms with Crippen LogP contribution in [0.2, 0.25) is 0 Å². The third-order valence-corrected chi connectivity index (χ3v) is 3.91. The van der Waals surface area contributed by atoms with Gasteiger partial charge in [-0.1, -0.05) is 12.1 Å². The highest BCUT2D eigenvalue weighted by molar-refractivity contribution is 5.75. The van der Waals surface area contributed by atoms with E-state index in [9.17, 15) is 4.79 Å². The van der Waals surface area contributed by atoms with Gasteiger partial charge in [0.05, 0.1) is 17.0 Å². The number of aromatic nitrogens is 3. The third-order valence-electron chi connectivity index (χ3n) is 3.91. The number of rotatable bonds is 3. The van der Waals surface area contributed by atoms with Gasteiger partial charge >= 0.3 is 0 Å². The average Bonchev–Trinajstić information content (AvgIpc) is 2.90. The Hall–Kier alpha value is -2.69. The molecule has 3 heterocycles. The van der Waals surface area contributed by atoms with Gasteiger partial charge in [-0.3, -0.25) is 4.79 Å². The van der Waals surface area contributed by atoms with Gasteiger partial charge in [-0.25, -0.2) is 9.97 Å². The van der Waals surface area contributed by atoms with E-state index in [0.717, 1.165) is 42.1 Å². The number of benzene rings is 1. The summed E-state index contributed by atoms with van der Waals surface area (Å²) in [5, 5.41) is 0. The van der Waals surface area contributed by atoms with Gasteiger partial charge in [0.15, 0.2) is 6.29 Å². The van der Waals surface area contributed by atoms with Crippen LogP contribution in [0.5, 0.6) is 0 Å². The summed E-state index contributed by atoms with van der Waals surface area (Å²) in [5.41, 5.74) is 2.70. The fourth-order valence-electron chi connectivity index (χ4n) is 2.66. The molecule has 1 aromatic carbocycles. The molecule has 5 nitrogen and oxygen atoms in total. The van der Waals surface area contributed by atoms with Gasteiger partial charge in [0, 0.05) is 24.8 Å². The van der Waals surface area contributed by atoms with Crippen LogP contribution in [0.15, 0.2) is 42.6 Å². The summed E-state index contributed by atoms with van der Waals surface area (Å²) in [4.78, 5) is 25.1. The van der Waals surface area contributed by atoms with Gasteiger partial charge in [0.2, 0.25) is 0 Å². The van der Waals surface area contributed by atoms with E-state index in [1.54, 1.807) is 12.3 Å². The summed E-state index contributed by atoms with van der Waals surface area (Å²) in [6, 6.07) is 11.8. The number of nitrogens with zero attached hydrogens (tertiary/aromatic N) is 3. The van der Waals surface area contributed by atoms with Crippen LogP contribution in [0.25, 0.3) is 11.0 Å². The molecular weight excluding hydrogens is 264 g/mol. The van der Waals surface area contributed by atoms with Crippen LogP contribution in [0.4, 0.5) is 5.82 Å². The molecule has 0 amide bonds. The number of imidazole rings is 1. The molecule has 0 saturated carbocycles. The van der Waals surface area contributed by atoms with Crippen molar-refractivity contribution in [3.63, 3.8) is 0 Å². The summed E-state index contributed by atoms with van der Waals surface area (Å²) in [5.74, 6) is 2.36. The summed E-state index contributed by atoms with van der Waals surface area (Å²) in [6.07, 6.45) is 2.42. The molecule has 4 rings (SSSR count). The lowest BCUT2D eigenvalue weighted by molar-refractivity contribution is 0.112. The van der Waals surface area contributed by atoms with Gasteiger partial charge < -0.3 is 9.88 Å². The quantitative estimate of drug-likeness (QED) is 0.747. The van der Waals surface area contributed by atoms with E-state index >= 15 is 0 Å². The molecule has 0 bridgehead atoms. The number of anilines is 1. The van der Waals surface area contributed by atoms with Crippen LogP contribution in [-0.2, 0) is 0 Å². The van der Waals surface area contributed by atoms with Crippen molar-refractivity contribution >= 4 is 23.1 Å². The Balaban J connectivity index is 1.49. The SMILES string of the molecule is O=Cc1ccc(N2CC(c3nc4ccccc4[nH]3)C2)nc1. The fraction of sp³-hybridized carbons (Fsp3) is 0.188. The number of aldehydes is 1. The summed E-state index contributed by atoms with van der Waals surface area (Å²) in [7, 11) is 0. The molecule has 104 valence electrons. The second kappa shape index (κ2) is 4.70. The number of hydrogen-bond acceptors (Lipinski definition) is 4. The van der Waals surface area contributed by atoms with E-state index < -0.39 is 0 Å². The first-order valence-electron chi connectivity index (χ1n) is 6.94. The van der Waals surface area contributed by atoms with Gasteiger partial charge in [-0.05, 0) is 24.3 Å². The summed E-state index contributed by atoms with van der Waals surface area (Å²) >= 11 is 0. The van der Waals surface area contributed by atoms with E-state index in [1.165, 1.54) is 0 Å². The monoisotopic (exact) mass is 278 g/mol. The van der Waals surface area contributed by atoms with Crippen molar-refractivity contribution in [2.45, 2.75) is 5.92 Å². The molecule has 1 fully saturated rings. The largest absolute Gasteiger partial charge is 0.355 e. The predicted octanol–water partition coefficient (Wildman–Crippen LogP) is 2.37. The molecule has 1 saturated heterocycles. The van der Waals surface area contributed by atoms with Gasteiger partial charge in [0.25, 0.3) is 0 Å². The second-order valence-electron chi connectivity index (χ2n) is 5.31. The number of fused-ring (bicyclic) bond motifs is 1. The maximum atomic E-state index is 10.6. The third kappa shape index (κ3) is 2.07. The molecule has 1 aliphatic heterocycles. The van der Waals surface area contributed by atoms with Gasteiger partial charge in [-0.15, -0.1) is 0 Å². The van der Waals surface area contributed by atoms with Crippen LogP contribution >= 0.6 is 0 Å². The van der Waals surface area contributed by atoms with E-state index in [2.05, 4.69) is 19.9 Å². The Labute approximate surface area is 121 Å². The normalized spacial score (nSPS) is 15.1. The Morgan fingerprint density at radius 1 is 1.19 bits per heavy atom. The smallest absolute Gasteiger partial charge is 0.151 e. The van der Waals surface area contributed by atoms with E-state index in [-0.39, 0.29) is 0 Å². The molecule has 1 aliphatic rings. The Morgan fingerprint density at radius 2 is 2.05 bits per heavy atom. The standard InChI is InChI=1S/C16H14N4O/c21-10-11-5-6-15(17-7-11)20-8-12(9-20)16-18-13-3-1-2-4-14(13)19-16/h1-7,10,12H,8-9H2,(H,18,19). The van der Waals surface area contributed by atoms with E-state index in [0.29, 0.717) is 11.5 Å². The van der Waals surface area contributed by atoms with Crippen molar-refractivity contribution in [2.24, 2.45) is 0 Å². The number of nitrogens with one attached hydrogen (secondary N) is 1. The highest BCUT2D eigenvalue weighted by Gasteiger charge is 2.31. The van der Waals surface area contributed by atoms with Crippen molar-refractivity contribution in [1.29, 1.82) is 0 Å². The van der Waals surface area contributed by atoms with E-state index in [1.807, 2.05) is 30.3 Å². The predicted molar refractivity (Wildman–Crippen MR) is 80.7 cm³/mol. The molecule has 0 unspecified atom stereocenters. The van der Waals surface area contributed by atoms with Crippen LogP contribution < -0.4 is 4.90 Å². The topological polar surface area (TPSA) is 61.9 Å². The molecule has 21 heavy (non-hydrogen) atoms. The van der Waals surface area contributed by atoms with Crippen molar-refractivity contribution in [2.75, 3.05) is 18.0 Å². The van der Waals surface area contributed by atoms with Crippen molar-refractivity contribution in [3.8, 4) is 0 Å². The molecule has 2 aromatic heterocycles. The molecule has 5 heteroatoms. The first-order chi connectivity index (χ1) is 10.3. The van der Waals surface area contributed by atoms with Crippen LogP contribution in [-0.4, -0.2) is 34.3 Å². The molecule has 0 aliphatic carbocycles. The first kappa shape index (κ1) is 12.1. The molecular formula is C16H14N4O. The number of H-pyrrole nitrogens is 1.